The summed E-state index contributed by atoms with van der Waals surface area (Å²) in [7, 11) is 0. The van der Waals surface area contributed by atoms with E-state index in [9.17, 15) is 9.59 Å². The molecule has 0 aliphatic rings. The first kappa shape index (κ1) is 18.5. The molecule has 2 rings (SSSR count). The second kappa shape index (κ2) is 13.9. The van der Waals surface area contributed by atoms with Crippen molar-refractivity contribution in [3.05, 3.63) is 60.7 Å². The van der Waals surface area contributed by atoms with Crippen LogP contribution >= 0.6 is 0 Å². The maximum atomic E-state index is 9.20. The lowest BCUT2D eigenvalue weighted by Gasteiger charge is -1.98. The van der Waals surface area contributed by atoms with Gasteiger partial charge in [-0.3, -0.25) is 0 Å². The Morgan fingerprint density at radius 3 is 1.41 bits per heavy atom. The Morgan fingerprint density at radius 1 is 0.818 bits per heavy atom. The number of hydrogen-bond acceptors (Lipinski definition) is 6. The summed E-state index contributed by atoms with van der Waals surface area (Å²) < 4.78 is 0. The van der Waals surface area contributed by atoms with Gasteiger partial charge < -0.3 is 5.73 Å². The van der Waals surface area contributed by atoms with E-state index in [2.05, 4.69) is 64.2 Å². The lowest BCUT2D eigenvalue weighted by Crippen LogP contribution is -1.73. The first-order valence-electron chi connectivity index (χ1n) is 6.07. The quantitative estimate of drug-likeness (QED) is 0.405. The molecule has 0 fully saturated rings. The van der Waals surface area contributed by atoms with E-state index < -0.39 is 0 Å². The summed E-state index contributed by atoms with van der Waals surface area (Å²) in [5.41, 5.74) is 6.70. The van der Waals surface area contributed by atoms with E-state index in [1.165, 1.54) is 29.5 Å². The highest BCUT2D eigenvalue weighted by atomic mass is 16.1. The van der Waals surface area contributed by atoms with Crippen molar-refractivity contribution in [3.8, 4) is 17.3 Å². The highest BCUT2D eigenvalue weighted by molar-refractivity contribution is 5.62. The smallest absolute Gasteiger partial charge is 0.236 e. The van der Waals surface area contributed by atoms with E-state index in [-0.39, 0.29) is 6.67 Å². The molecule has 110 valence electrons. The predicted octanol–water partition coefficient (Wildman–Crippen LogP) is 2.40. The number of isocyanates is 2. The summed E-state index contributed by atoms with van der Waals surface area (Å²) >= 11 is 0. The third kappa shape index (κ3) is 9.42. The fourth-order valence-electron chi connectivity index (χ4n) is 1.35. The van der Waals surface area contributed by atoms with Gasteiger partial charge in [0.25, 0.3) is 0 Å². The zero-order chi connectivity index (χ0) is 16.5. The van der Waals surface area contributed by atoms with Crippen molar-refractivity contribution < 1.29 is 9.59 Å². The summed E-state index contributed by atoms with van der Waals surface area (Å²) in [4.78, 5) is 24.2. The SMILES string of the molecule is N#CN.O=C=NCN=C=O.c1ccc(-c2ccccc2)cc1. The molecule has 0 saturated carbocycles. The standard InChI is InChI=1S/C12H10.C3H2N2O2.CH2N2/c1-3-7-11(8-4-1)12-9-5-2-6-10-12;6-2-4-1-5-3-7;2-1-3/h1-10H;1H2;2H2. The van der Waals surface area contributed by atoms with Crippen molar-refractivity contribution in [1.82, 2.24) is 0 Å². The molecule has 0 unspecified atom stereocenters. The van der Waals surface area contributed by atoms with E-state index in [0.717, 1.165) is 0 Å². The Kier molecular flexibility index (Phi) is 11.7. The van der Waals surface area contributed by atoms with E-state index in [0.29, 0.717) is 0 Å². The van der Waals surface area contributed by atoms with Crippen molar-refractivity contribution in [1.29, 1.82) is 5.26 Å². The van der Waals surface area contributed by atoms with Gasteiger partial charge in [-0.05, 0) is 11.1 Å². The Morgan fingerprint density at radius 2 is 1.14 bits per heavy atom. The van der Waals surface area contributed by atoms with Gasteiger partial charge in [0.15, 0.2) is 12.9 Å². The number of nitriles is 1. The van der Waals surface area contributed by atoms with E-state index >= 15 is 0 Å². The predicted molar refractivity (Wildman–Crippen MR) is 82.8 cm³/mol. The van der Waals surface area contributed by atoms with Crippen LogP contribution in [-0.2, 0) is 9.59 Å². The Balaban J connectivity index is 0.000000379. The van der Waals surface area contributed by atoms with Gasteiger partial charge in [0.05, 0.1) is 0 Å². The fourth-order valence-corrected chi connectivity index (χ4v) is 1.35. The van der Waals surface area contributed by atoms with Gasteiger partial charge in [0, 0.05) is 0 Å². The second-order valence-corrected chi connectivity index (χ2v) is 3.50. The lowest BCUT2D eigenvalue weighted by atomic mass is 10.1. The number of rotatable bonds is 3. The van der Waals surface area contributed by atoms with Crippen molar-refractivity contribution >= 4 is 12.2 Å². The van der Waals surface area contributed by atoms with Gasteiger partial charge in [0.1, 0.15) is 0 Å². The Labute approximate surface area is 128 Å². The third-order valence-corrected chi connectivity index (χ3v) is 2.15. The topological polar surface area (TPSA) is 109 Å². The number of carbonyl (C=O) groups excluding carboxylic acids is 2. The van der Waals surface area contributed by atoms with Crippen LogP contribution in [0.5, 0.6) is 0 Å². The zero-order valence-electron chi connectivity index (χ0n) is 11.7. The minimum Gasteiger partial charge on any atom is -0.337 e. The van der Waals surface area contributed by atoms with Crippen molar-refractivity contribution in [2.24, 2.45) is 15.7 Å². The maximum absolute atomic E-state index is 9.20. The van der Waals surface area contributed by atoms with Crippen LogP contribution in [0.15, 0.2) is 70.6 Å². The summed E-state index contributed by atoms with van der Waals surface area (Å²) in [5, 5.41) is 7.10. The number of nitrogens with zero attached hydrogens (tertiary/aromatic N) is 3. The molecule has 0 aromatic heterocycles. The van der Waals surface area contributed by atoms with Gasteiger partial charge >= 0.3 is 0 Å². The maximum Gasteiger partial charge on any atom is 0.236 e. The normalized spacial score (nSPS) is 7.41. The van der Waals surface area contributed by atoms with Crippen LogP contribution in [-0.4, -0.2) is 18.8 Å². The van der Waals surface area contributed by atoms with Gasteiger partial charge in [-0.2, -0.15) is 15.2 Å². The monoisotopic (exact) mass is 294 g/mol. The van der Waals surface area contributed by atoms with Gasteiger partial charge in [0.2, 0.25) is 12.2 Å². The van der Waals surface area contributed by atoms with Crippen LogP contribution < -0.4 is 5.73 Å². The molecular formula is C16H14N4O2. The third-order valence-electron chi connectivity index (χ3n) is 2.15. The molecule has 0 atom stereocenters. The molecule has 6 nitrogen and oxygen atoms in total. The summed E-state index contributed by atoms with van der Waals surface area (Å²) in [6, 6.07) is 20.8. The highest BCUT2D eigenvalue weighted by Crippen LogP contribution is 2.17. The van der Waals surface area contributed by atoms with Gasteiger partial charge in [-0.1, -0.05) is 60.7 Å². The van der Waals surface area contributed by atoms with Crippen LogP contribution in [0.25, 0.3) is 11.1 Å². The number of nitrogens with two attached hydrogens (primary N) is 1. The molecule has 0 aliphatic carbocycles. The Bertz CT molecular complexity index is 600. The van der Waals surface area contributed by atoms with E-state index in [4.69, 9.17) is 5.26 Å². The molecule has 0 saturated heterocycles. The molecule has 0 radical (unpaired) electrons. The number of hydrogen-bond donors (Lipinski definition) is 1. The van der Waals surface area contributed by atoms with Crippen LogP contribution in [0.4, 0.5) is 0 Å². The molecular weight excluding hydrogens is 280 g/mol. The largest absolute Gasteiger partial charge is 0.337 e. The summed E-state index contributed by atoms with van der Waals surface area (Å²) in [5.74, 6) is 0. The molecule has 0 amide bonds. The second-order valence-electron chi connectivity index (χ2n) is 3.50. The van der Waals surface area contributed by atoms with E-state index in [1.807, 2.05) is 12.1 Å². The van der Waals surface area contributed by atoms with Crippen molar-refractivity contribution in [2.45, 2.75) is 0 Å². The van der Waals surface area contributed by atoms with Gasteiger partial charge in [-0.15, -0.1) is 0 Å². The summed E-state index contributed by atoms with van der Waals surface area (Å²) in [6.07, 6.45) is 3.66. The first-order valence-corrected chi connectivity index (χ1v) is 6.07. The molecule has 0 heterocycles. The average Bonchev–Trinajstić information content (AvgIpc) is 2.58. The van der Waals surface area contributed by atoms with Crippen LogP contribution in [0, 0.1) is 11.5 Å². The molecule has 0 bridgehead atoms. The zero-order valence-corrected chi connectivity index (χ0v) is 11.7. The number of benzene rings is 2. The average molecular weight is 294 g/mol. The molecule has 2 aromatic carbocycles. The van der Waals surface area contributed by atoms with Crippen LogP contribution in [0.1, 0.15) is 0 Å². The molecule has 2 aromatic rings. The minimum absolute atomic E-state index is 0.160. The van der Waals surface area contributed by atoms with Crippen molar-refractivity contribution in [2.75, 3.05) is 6.67 Å². The molecule has 6 heteroatoms. The Hall–Kier alpha value is -3.51. The first-order chi connectivity index (χ1) is 10.8. The van der Waals surface area contributed by atoms with E-state index in [1.54, 1.807) is 0 Å². The molecule has 0 spiro atoms. The molecule has 0 aliphatic heterocycles. The van der Waals surface area contributed by atoms with Gasteiger partial charge in [-0.25, -0.2) is 9.59 Å². The lowest BCUT2D eigenvalue weighted by molar-refractivity contribution is 0.560. The highest BCUT2D eigenvalue weighted by Gasteiger charge is 1.91. The fraction of sp³-hybridized carbons (Fsp3) is 0.0625. The van der Waals surface area contributed by atoms with Crippen LogP contribution in [0.2, 0.25) is 0 Å². The number of aliphatic imine (C=N–C) groups is 2. The summed E-state index contributed by atoms with van der Waals surface area (Å²) in [6.45, 7) is -0.160. The molecule has 2 N–H and O–H groups in total. The molecule has 22 heavy (non-hydrogen) atoms. The minimum atomic E-state index is -0.160. The van der Waals surface area contributed by atoms with Crippen LogP contribution in [0.3, 0.4) is 0 Å². The van der Waals surface area contributed by atoms with Crippen molar-refractivity contribution in [3.63, 3.8) is 0 Å².